The van der Waals surface area contributed by atoms with Crippen molar-refractivity contribution in [2.45, 2.75) is 38.1 Å². The minimum atomic E-state index is 0.361. The van der Waals surface area contributed by atoms with E-state index in [0.29, 0.717) is 5.54 Å². The van der Waals surface area contributed by atoms with Crippen molar-refractivity contribution in [2.24, 2.45) is 5.92 Å². The molecule has 0 aromatic rings. The lowest BCUT2D eigenvalue weighted by molar-refractivity contribution is 0.278. The molecule has 2 atom stereocenters. The minimum absolute atomic E-state index is 0.361. The molecule has 0 amide bonds. The van der Waals surface area contributed by atoms with Crippen molar-refractivity contribution in [1.82, 2.24) is 10.9 Å². The highest BCUT2D eigenvalue weighted by Gasteiger charge is 2.43. The van der Waals surface area contributed by atoms with Gasteiger partial charge in [-0.15, -0.1) is 0 Å². The van der Waals surface area contributed by atoms with Crippen LogP contribution in [0.25, 0.3) is 0 Å². The second-order valence-corrected chi connectivity index (χ2v) is 3.67. The summed E-state index contributed by atoms with van der Waals surface area (Å²) < 4.78 is 0. The summed E-state index contributed by atoms with van der Waals surface area (Å²) in [5.74, 6) is 0.822. The Kier molecular flexibility index (Phi) is 1.46. The van der Waals surface area contributed by atoms with Gasteiger partial charge in [-0.3, -0.25) is 0 Å². The molecule has 2 heteroatoms. The quantitative estimate of drug-likeness (QED) is 0.533. The molecule has 1 aliphatic carbocycles. The van der Waals surface area contributed by atoms with Gasteiger partial charge in [0.25, 0.3) is 0 Å². The van der Waals surface area contributed by atoms with Gasteiger partial charge in [0.05, 0.1) is 5.54 Å². The molecule has 2 nitrogen and oxygen atoms in total. The third-order valence-electron chi connectivity index (χ3n) is 3.14. The molecule has 1 radical (unpaired) electrons. The zero-order chi connectivity index (χ0) is 7.03. The van der Waals surface area contributed by atoms with Crippen LogP contribution in [-0.4, -0.2) is 12.1 Å². The SMILES string of the molecule is CC1CCCC12CCN[N]2. The van der Waals surface area contributed by atoms with Crippen LogP contribution in [0.15, 0.2) is 0 Å². The Bertz CT molecular complexity index is 122. The summed E-state index contributed by atoms with van der Waals surface area (Å²) in [6.07, 6.45) is 5.35. The Morgan fingerprint density at radius 2 is 2.40 bits per heavy atom. The normalized spacial score (nSPS) is 47.1. The van der Waals surface area contributed by atoms with Crippen molar-refractivity contribution in [3.8, 4) is 0 Å². The van der Waals surface area contributed by atoms with E-state index in [9.17, 15) is 0 Å². The maximum atomic E-state index is 4.50. The van der Waals surface area contributed by atoms with Crippen molar-refractivity contribution >= 4 is 0 Å². The maximum Gasteiger partial charge on any atom is 0.0564 e. The van der Waals surface area contributed by atoms with Gasteiger partial charge < -0.3 is 0 Å². The smallest absolute Gasteiger partial charge is 0.0564 e. The van der Waals surface area contributed by atoms with E-state index in [4.69, 9.17) is 0 Å². The molecule has 57 valence electrons. The standard InChI is InChI=1S/C8H15N2/c1-7-3-2-4-8(7)5-6-9-10-8/h7,9H,2-6H2,1H3. The van der Waals surface area contributed by atoms with Crippen molar-refractivity contribution in [3.05, 3.63) is 0 Å². The lowest BCUT2D eigenvalue weighted by Crippen LogP contribution is -2.39. The Morgan fingerprint density at radius 3 is 2.90 bits per heavy atom. The van der Waals surface area contributed by atoms with Crippen molar-refractivity contribution in [1.29, 1.82) is 0 Å². The lowest BCUT2D eigenvalue weighted by Gasteiger charge is -2.25. The van der Waals surface area contributed by atoms with Gasteiger partial charge >= 0.3 is 0 Å². The molecule has 1 saturated heterocycles. The predicted octanol–water partition coefficient (Wildman–Crippen LogP) is 1.06. The van der Waals surface area contributed by atoms with Gasteiger partial charge in [0, 0.05) is 6.54 Å². The van der Waals surface area contributed by atoms with Crippen LogP contribution in [0.5, 0.6) is 0 Å². The van der Waals surface area contributed by atoms with Crippen LogP contribution in [0.1, 0.15) is 32.6 Å². The molecule has 2 aliphatic rings. The molecule has 0 bridgehead atoms. The highest BCUT2D eigenvalue weighted by Crippen LogP contribution is 2.39. The largest absolute Gasteiger partial charge is 0.240 e. The maximum absolute atomic E-state index is 4.50. The van der Waals surface area contributed by atoms with Gasteiger partial charge in [0.2, 0.25) is 0 Å². The van der Waals surface area contributed by atoms with E-state index in [-0.39, 0.29) is 0 Å². The fraction of sp³-hybridized carbons (Fsp3) is 1.00. The average Bonchev–Trinajstić information content (AvgIpc) is 2.48. The van der Waals surface area contributed by atoms with E-state index in [2.05, 4.69) is 17.8 Å². The van der Waals surface area contributed by atoms with E-state index in [0.717, 1.165) is 12.5 Å². The number of nitrogens with one attached hydrogen (secondary N) is 1. The van der Waals surface area contributed by atoms with Crippen LogP contribution in [0.3, 0.4) is 0 Å². The Labute approximate surface area is 62.4 Å². The van der Waals surface area contributed by atoms with Crippen LogP contribution in [0, 0.1) is 5.92 Å². The summed E-state index contributed by atoms with van der Waals surface area (Å²) in [6, 6.07) is 0. The van der Waals surface area contributed by atoms with Gasteiger partial charge in [-0.2, -0.15) is 5.43 Å². The Hall–Kier alpha value is -0.0800. The Balaban J connectivity index is 2.11. The average molecular weight is 139 g/mol. The Morgan fingerprint density at radius 1 is 1.50 bits per heavy atom. The van der Waals surface area contributed by atoms with Crippen molar-refractivity contribution in [3.63, 3.8) is 0 Å². The van der Waals surface area contributed by atoms with Crippen molar-refractivity contribution < 1.29 is 0 Å². The third kappa shape index (κ3) is 0.789. The molecule has 10 heavy (non-hydrogen) atoms. The molecule has 1 saturated carbocycles. The van der Waals surface area contributed by atoms with Crippen molar-refractivity contribution in [2.75, 3.05) is 6.54 Å². The summed E-state index contributed by atoms with van der Waals surface area (Å²) in [5, 5.41) is 0. The molecule has 0 aromatic heterocycles. The second kappa shape index (κ2) is 2.21. The number of rotatable bonds is 0. The van der Waals surface area contributed by atoms with Gasteiger partial charge in [0.1, 0.15) is 0 Å². The highest BCUT2D eigenvalue weighted by atomic mass is 15.4. The zero-order valence-corrected chi connectivity index (χ0v) is 6.56. The van der Waals surface area contributed by atoms with Gasteiger partial charge in [-0.25, -0.2) is 5.43 Å². The first kappa shape index (κ1) is 6.62. The molecule has 1 heterocycles. The molecule has 0 aromatic carbocycles. The molecule has 1 N–H and O–H groups in total. The number of hydrogen-bond donors (Lipinski definition) is 1. The topological polar surface area (TPSA) is 26.1 Å². The van der Waals surface area contributed by atoms with E-state index in [1.54, 1.807) is 0 Å². The fourth-order valence-corrected chi connectivity index (χ4v) is 2.31. The molecule has 1 spiro atoms. The molecule has 2 unspecified atom stereocenters. The number of nitrogens with zero attached hydrogens (tertiary/aromatic N) is 1. The van der Waals surface area contributed by atoms with Gasteiger partial charge in [0.15, 0.2) is 0 Å². The highest BCUT2D eigenvalue weighted by molar-refractivity contribution is 4.99. The molecule has 1 aliphatic heterocycles. The summed E-state index contributed by atoms with van der Waals surface area (Å²) in [7, 11) is 0. The summed E-state index contributed by atoms with van der Waals surface area (Å²) in [4.78, 5) is 0. The van der Waals surface area contributed by atoms with Crippen LogP contribution in [0.4, 0.5) is 0 Å². The predicted molar refractivity (Wildman–Crippen MR) is 40.5 cm³/mol. The first-order valence-corrected chi connectivity index (χ1v) is 4.28. The van der Waals surface area contributed by atoms with Gasteiger partial charge in [-0.05, 0) is 25.2 Å². The summed E-state index contributed by atoms with van der Waals surface area (Å²) >= 11 is 0. The van der Waals surface area contributed by atoms with Crippen LogP contribution in [-0.2, 0) is 0 Å². The number of hydrogen-bond acceptors (Lipinski definition) is 1. The van der Waals surface area contributed by atoms with Crippen LogP contribution < -0.4 is 10.9 Å². The monoisotopic (exact) mass is 139 g/mol. The lowest BCUT2D eigenvalue weighted by atomic mass is 9.87. The van der Waals surface area contributed by atoms with E-state index in [1.807, 2.05) is 0 Å². The van der Waals surface area contributed by atoms with Crippen LogP contribution in [0.2, 0.25) is 0 Å². The van der Waals surface area contributed by atoms with Gasteiger partial charge in [-0.1, -0.05) is 13.3 Å². The van der Waals surface area contributed by atoms with E-state index >= 15 is 0 Å². The molecular weight excluding hydrogens is 124 g/mol. The second-order valence-electron chi connectivity index (χ2n) is 3.67. The van der Waals surface area contributed by atoms with E-state index in [1.165, 1.54) is 25.7 Å². The zero-order valence-electron chi connectivity index (χ0n) is 6.56. The molecular formula is C8H15N2. The first-order valence-electron chi connectivity index (χ1n) is 4.28. The summed E-state index contributed by atoms with van der Waals surface area (Å²) in [5.41, 5.74) is 7.97. The van der Waals surface area contributed by atoms with Crippen LogP contribution >= 0.6 is 0 Å². The molecule has 2 rings (SSSR count). The third-order valence-corrected chi connectivity index (χ3v) is 3.14. The fourth-order valence-electron chi connectivity index (χ4n) is 2.31. The minimum Gasteiger partial charge on any atom is -0.240 e. The first-order chi connectivity index (χ1) is 4.83. The van der Waals surface area contributed by atoms with E-state index < -0.39 is 0 Å². The molecule has 2 fully saturated rings. The summed E-state index contributed by atoms with van der Waals surface area (Å²) in [6.45, 7) is 3.44.